The maximum absolute atomic E-state index is 9.13. The van der Waals surface area contributed by atoms with E-state index in [-0.39, 0.29) is 0 Å². The Hall–Kier alpha value is -1.17. The zero-order valence-corrected chi connectivity index (χ0v) is 7.82. The van der Waals surface area contributed by atoms with Crippen molar-refractivity contribution in [2.75, 3.05) is 13.2 Å². The maximum atomic E-state index is 9.13. The van der Waals surface area contributed by atoms with E-state index in [1.165, 1.54) is 5.92 Å². The maximum Gasteiger partial charge on any atom is 0.381 e. The van der Waals surface area contributed by atoms with Crippen molar-refractivity contribution in [1.29, 1.82) is 0 Å². The average Bonchev–Trinajstić information content (AvgIpc) is 2.26. The van der Waals surface area contributed by atoms with E-state index >= 15 is 0 Å². The van der Waals surface area contributed by atoms with Gasteiger partial charge >= 0.3 is 5.97 Å². The highest BCUT2D eigenvalue weighted by Gasteiger charge is 2.22. The summed E-state index contributed by atoms with van der Waals surface area (Å²) in [7, 11) is 0. The third-order valence-corrected chi connectivity index (χ3v) is 1.29. The molecule has 0 aromatic carbocycles. The quantitative estimate of drug-likeness (QED) is 0.275. The first kappa shape index (κ1) is 16.3. The molecule has 0 aliphatic rings. The summed E-state index contributed by atoms with van der Waals surface area (Å²) in [5.41, 5.74) is 0. The predicted octanol–water partition coefficient (Wildman–Crippen LogP) is -3.24. The number of hydrogen-bond donors (Lipinski definition) is 6. The van der Waals surface area contributed by atoms with Crippen LogP contribution in [-0.2, 0) is 4.79 Å². The van der Waals surface area contributed by atoms with Gasteiger partial charge in [0.15, 0.2) is 0 Å². The molecule has 0 fully saturated rings. The lowest BCUT2D eigenvalue weighted by atomic mass is 10.1. The molecule has 0 aliphatic heterocycles. The van der Waals surface area contributed by atoms with Gasteiger partial charge in [0.2, 0.25) is 0 Å². The largest absolute Gasteiger partial charge is 0.472 e. The highest BCUT2D eigenvalue weighted by atomic mass is 16.4. The molecule has 7 heteroatoms. The molecule has 3 atom stereocenters. The van der Waals surface area contributed by atoms with E-state index in [1.807, 2.05) is 0 Å². The number of aliphatic carboxylic acids is 1. The number of carboxylic acid groups (broad SMARTS) is 1. The molecule has 7 nitrogen and oxygen atoms in total. The molecule has 0 bridgehead atoms. The Morgan fingerprint density at radius 1 is 1.13 bits per heavy atom. The Labute approximate surface area is 86.2 Å². The summed E-state index contributed by atoms with van der Waals surface area (Å²) in [6.45, 7) is -1.28. The van der Waals surface area contributed by atoms with Gasteiger partial charge in [0.25, 0.3) is 0 Å². The lowest BCUT2D eigenvalue weighted by Crippen LogP contribution is -2.41. The molecule has 0 saturated carbocycles. The minimum Gasteiger partial charge on any atom is -0.472 e. The molecule has 15 heavy (non-hydrogen) atoms. The lowest BCUT2D eigenvalue weighted by molar-refractivity contribution is -0.130. The van der Waals surface area contributed by atoms with E-state index in [0.29, 0.717) is 0 Å². The molecule has 0 rings (SSSR count). The van der Waals surface area contributed by atoms with Gasteiger partial charge in [-0.15, -0.1) is 6.42 Å². The summed E-state index contributed by atoms with van der Waals surface area (Å²) >= 11 is 0. The SMILES string of the molecule is C#CC(=O)O.OC[C@@H](O)C(O)[C@@H](O)CO. The molecular weight excluding hydrogens is 208 g/mol. The standard InChI is InChI=1S/C5H12O5.C3H2O2/c6-1-3(8)5(10)4(9)2-7;1-2-3(4)5/h3-10H,1-2H2;1H,(H,4,5)/t3-,4+,5?;. The van der Waals surface area contributed by atoms with Crippen molar-refractivity contribution in [3.05, 3.63) is 0 Å². The predicted molar refractivity (Wildman–Crippen MR) is 48.7 cm³/mol. The van der Waals surface area contributed by atoms with Crippen LogP contribution in [0.15, 0.2) is 0 Å². The van der Waals surface area contributed by atoms with Crippen LogP contribution >= 0.6 is 0 Å². The first-order valence-corrected chi connectivity index (χ1v) is 3.86. The second-order valence-corrected chi connectivity index (χ2v) is 2.44. The Kier molecular flexibility index (Phi) is 10.2. The third kappa shape index (κ3) is 9.14. The molecule has 0 saturated heterocycles. The van der Waals surface area contributed by atoms with Gasteiger partial charge in [0.1, 0.15) is 18.3 Å². The van der Waals surface area contributed by atoms with E-state index in [2.05, 4.69) is 6.42 Å². The number of rotatable bonds is 4. The highest BCUT2D eigenvalue weighted by molar-refractivity contribution is 5.85. The van der Waals surface area contributed by atoms with Gasteiger partial charge in [0.05, 0.1) is 13.2 Å². The van der Waals surface area contributed by atoms with Crippen LogP contribution in [0, 0.1) is 12.3 Å². The summed E-state index contributed by atoms with van der Waals surface area (Å²) in [4.78, 5) is 9.13. The summed E-state index contributed by atoms with van der Waals surface area (Å²) in [6, 6.07) is 0. The first-order chi connectivity index (χ1) is 6.90. The Morgan fingerprint density at radius 3 is 1.53 bits per heavy atom. The summed E-state index contributed by atoms with van der Waals surface area (Å²) < 4.78 is 0. The van der Waals surface area contributed by atoms with Crippen LogP contribution in [0.2, 0.25) is 0 Å². The number of carboxylic acids is 1. The van der Waals surface area contributed by atoms with E-state index < -0.39 is 37.5 Å². The van der Waals surface area contributed by atoms with E-state index in [0.717, 1.165) is 0 Å². The monoisotopic (exact) mass is 222 g/mol. The van der Waals surface area contributed by atoms with E-state index in [9.17, 15) is 0 Å². The Bertz CT molecular complexity index is 200. The van der Waals surface area contributed by atoms with Crippen LogP contribution in [0.5, 0.6) is 0 Å². The Balaban J connectivity index is 0. The molecule has 6 N–H and O–H groups in total. The fourth-order valence-electron chi connectivity index (χ4n) is 0.472. The molecule has 0 spiro atoms. The first-order valence-electron chi connectivity index (χ1n) is 3.86. The number of aliphatic hydroxyl groups excluding tert-OH is 5. The smallest absolute Gasteiger partial charge is 0.381 e. The number of terminal acetylenes is 1. The van der Waals surface area contributed by atoms with Crippen molar-refractivity contribution in [2.45, 2.75) is 18.3 Å². The highest BCUT2D eigenvalue weighted by Crippen LogP contribution is 1.97. The topological polar surface area (TPSA) is 138 Å². The average molecular weight is 222 g/mol. The molecule has 88 valence electrons. The van der Waals surface area contributed by atoms with E-state index in [1.54, 1.807) is 0 Å². The van der Waals surface area contributed by atoms with Crippen molar-refractivity contribution in [1.82, 2.24) is 0 Å². The van der Waals surface area contributed by atoms with Crippen LogP contribution in [0.4, 0.5) is 0 Å². The normalized spacial score (nSPS) is 15.2. The summed E-state index contributed by atoms with van der Waals surface area (Å²) in [5, 5.41) is 50.1. The van der Waals surface area contributed by atoms with Crippen molar-refractivity contribution in [3.8, 4) is 12.3 Å². The number of hydrogen-bond acceptors (Lipinski definition) is 6. The molecule has 0 radical (unpaired) electrons. The molecule has 0 heterocycles. The van der Waals surface area contributed by atoms with Gasteiger partial charge in [-0.25, -0.2) is 4.79 Å². The molecular formula is C8H14O7. The van der Waals surface area contributed by atoms with Gasteiger partial charge in [0, 0.05) is 5.92 Å². The zero-order valence-electron chi connectivity index (χ0n) is 7.82. The summed E-state index contributed by atoms with van der Waals surface area (Å²) in [5.74, 6) is 0.227. The van der Waals surface area contributed by atoms with Crippen molar-refractivity contribution < 1.29 is 35.4 Å². The van der Waals surface area contributed by atoms with Gasteiger partial charge in [-0.1, -0.05) is 0 Å². The fraction of sp³-hybridized carbons (Fsp3) is 0.625. The zero-order chi connectivity index (χ0) is 12.4. The van der Waals surface area contributed by atoms with Crippen molar-refractivity contribution >= 4 is 5.97 Å². The van der Waals surface area contributed by atoms with Gasteiger partial charge in [-0.3, -0.25) is 0 Å². The minimum absolute atomic E-state index is 0.641. The second kappa shape index (κ2) is 9.39. The number of carbonyl (C=O) groups is 1. The van der Waals surface area contributed by atoms with Crippen LogP contribution in [0.3, 0.4) is 0 Å². The molecule has 0 amide bonds. The van der Waals surface area contributed by atoms with Crippen LogP contribution in [-0.4, -0.2) is 68.1 Å². The molecule has 0 aliphatic carbocycles. The van der Waals surface area contributed by atoms with Gasteiger partial charge in [-0.2, -0.15) is 0 Å². The minimum atomic E-state index is -1.49. The van der Waals surface area contributed by atoms with E-state index in [4.69, 9.17) is 35.4 Å². The third-order valence-electron chi connectivity index (χ3n) is 1.29. The summed E-state index contributed by atoms with van der Waals surface area (Å²) in [6.07, 6.45) is 0.0294. The van der Waals surface area contributed by atoms with Crippen LogP contribution < -0.4 is 0 Å². The lowest BCUT2D eigenvalue weighted by Gasteiger charge is -2.19. The van der Waals surface area contributed by atoms with Crippen LogP contribution in [0.1, 0.15) is 0 Å². The molecule has 1 unspecified atom stereocenters. The molecule has 0 aromatic rings. The van der Waals surface area contributed by atoms with Gasteiger partial charge in [-0.05, 0) is 0 Å². The Morgan fingerprint density at radius 2 is 1.40 bits per heavy atom. The van der Waals surface area contributed by atoms with Crippen molar-refractivity contribution in [3.63, 3.8) is 0 Å². The van der Waals surface area contributed by atoms with Crippen molar-refractivity contribution in [2.24, 2.45) is 0 Å². The number of aliphatic hydroxyl groups is 5. The van der Waals surface area contributed by atoms with Gasteiger partial charge < -0.3 is 30.6 Å². The second-order valence-electron chi connectivity index (χ2n) is 2.44. The molecule has 0 aromatic heterocycles. The van der Waals surface area contributed by atoms with Crippen LogP contribution in [0.25, 0.3) is 0 Å². The fourth-order valence-corrected chi connectivity index (χ4v) is 0.472.